The lowest BCUT2D eigenvalue weighted by molar-refractivity contribution is 0.0689. The molecule has 0 amide bonds. The minimum Gasteiger partial charge on any atom is -0.478 e. The lowest BCUT2D eigenvalue weighted by Gasteiger charge is -2.35. The van der Waals surface area contributed by atoms with E-state index in [1.54, 1.807) is 30.3 Å². The van der Waals surface area contributed by atoms with E-state index in [0.29, 0.717) is 21.7 Å². The van der Waals surface area contributed by atoms with Gasteiger partial charge in [0.2, 0.25) is 0 Å². The zero-order valence-electron chi connectivity index (χ0n) is 17.2. The Kier molecular flexibility index (Phi) is 4.50. The molecule has 0 aliphatic heterocycles. The van der Waals surface area contributed by atoms with Gasteiger partial charge < -0.3 is 10.8 Å². The summed E-state index contributed by atoms with van der Waals surface area (Å²) in [5.74, 6) is -5.97. The molecule has 0 aromatic heterocycles. The molecule has 1 aliphatic carbocycles. The minimum absolute atomic E-state index is 0.182. The molecule has 3 aromatic rings. The van der Waals surface area contributed by atoms with Crippen LogP contribution in [0.15, 0.2) is 36.4 Å². The Labute approximate surface area is 177 Å². The van der Waals surface area contributed by atoms with Gasteiger partial charge in [0.25, 0.3) is 0 Å². The van der Waals surface area contributed by atoms with Crippen molar-refractivity contribution in [1.82, 2.24) is 0 Å². The zero-order valence-corrected chi connectivity index (χ0v) is 17.2. The van der Waals surface area contributed by atoms with Crippen LogP contribution in [0.2, 0.25) is 0 Å². The fraction of sp³-hybridized carbons (Fsp3) is 0.160. The summed E-state index contributed by atoms with van der Waals surface area (Å²) in [7, 11) is 0. The molecule has 3 nitrogen and oxygen atoms in total. The van der Waals surface area contributed by atoms with Crippen LogP contribution in [0.3, 0.4) is 0 Å². The maximum Gasteiger partial charge on any atom is 0.339 e. The number of carboxylic acid groups (broad SMARTS) is 1. The molecule has 0 unspecified atom stereocenters. The van der Waals surface area contributed by atoms with Crippen LogP contribution in [0.4, 0.5) is 18.9 Å². The van der Waals surface area contributed by atoms with Crippen molar-refractivity contribution in [2.75, 3.05) is 5.73 Å². The monoisotopic (exact) mass is 423 g/mol. The number of anilines is 1. The van der Waals surface area contributed by atoms with E-state index in [-0.39, 0.29) is 5.57 Å². The largest absolute Gasteiger partial charge is 0.478 e. The number of benzene rings is 3. The molecule has 1 aliphatic rings. The van der Waals surface area contributed by atoms with Crippen LogP contribution < -0.4 is 16.2 Å². The van der Waals surface area contributed by atoms with Gasteiger partial charge >= 0.3 is 5.97 Å². The summed E-state index contributed by atoms with van der Waals surface area (Å²) in [6, 6.07) is 10.2. The molecule has 0 atom stereocenters. The summed E-state index contributed by atoms with van der Waals surface area (Å²) in [4.78, 5) is 11.9. The zero-order chi connectivity index (χ0) is 22.8. The van der Waals surface area contributed by atoms with Crippen molar-refractivity contribution < 1.29 is 23.1 Å². The highest BCUT2D eigenvalue weighted by atomic mass is 19.2. The van der Waals surface area contributed by atoms with E-state index in [9.17, 15) is 18.7 Å². The predicted molar refractivity (Wildman–Crippen MR) is 114 cm³/mol. The molecule has 4 rings (SSSR count). The quantitative estimate of drug-likeness (QED) is 0.484. The van der Waals surface area contributed by atoms with E-state index in [4.69, 9.17) is 5.73 Å². The Morgan fingerprint density at radius 2 is 1.68 bits per heavy atom. The van der Waals surface area contributed by atoms with Gasteiger partial charge in [-0.15, -0.1) is 0 Å². The smallest absolute Gasteiger partial charge is 0.339 e. The fourth-order valence-corrected chi connectivity index (χ4v) is 4.40. The summed E-state index contributed by atoms with van der Waals surface area (Å²) >= 11 is 0. The third-order valence-corrected chi connectivity index (χ3v) is 6.02. The molecule has 0 radical (unpaired) electrons. The van der Waals surface area contributed by atoms with Gasteiger partial charge in [0.15, 0.2) is 11.6 Å². The standard InChI is InChI=1S/C25H20F3NO2/c1-11-5-7-14-16(9-11)25(3,4)17-10-13(29)6-8-15(17)18(14)19-20(24(30)31)23(28)22(27)12(2)21(19)26/h5-10H,1,29H2,2-4H3,(H,30,31). The minimum atomic E-state index is -1.75. The topological polar surface area (TPSA) is 63.3 Å². The molecular weight excluding hydrogens is 403 g/mol. The van der Waals surface area contributed by atoms with Gasteiger partial charge in [-0.25, -0.2) is 18.0 Å². The Bertz CT molecular complexity index is 1410. The summed E-state index contributed by atoms with van der Waals surface area (Å²) in [6.45, 7) is 8.97. The van der Waals surface area contributed by atoms with Crippen LogP contribution in [-0.2, 0) is 5.41 Å². The first-order valence-electron chi connectivity index (χ1n) is 9.61. The number of aromatic carboxylic acids is 1. The number of halogens is 3. The average molecular weight is 423 g/mol. The molecule has 158 valence electrons. The summed E-state index contributed by atoms with van der Waals surface area (Å²) in [5.41, 5.74) is 5.97. The second kappa shape index (κ2) is 6.74. The van der Waals surface area contributed by atoms with Gasteiger partial charge in [-0.3, -0.25) is 0 Å². The third kappa shape index (κ3) is 2.86. The van der Waals surface area contributed by atoms with Gasteiger partial charge in [-0.2, -0.15) is 0 Å². The lowest BCUT2D eigenvalue weighted by Crippen LogP contribution is -2.36. The molecule has 3 N–H and O–H groups in total. The molecule has 31 heavy (non-hydrogen) atoms. The second-order valence-electron chi connectivity index (χ2n) is 8.31. The summed E-state index contributed by atoms with van der Waals surface area (Å²) in [5, 5.41) is 10.9. The number of rotatable bonds is 2. The van der Waals surface area contributed by atoms with Crippen molar-refractivity contribution in [2.24, 2.45) is 0 Å². The van der Waals surface area contributed by atoms with Crippen molar-refractivity contribution in [3.05, 3.63) is 97.7 Å². The van der Waals surface area contributed by atoms with Crippen molar-refractivity contribution in [1.29, 1.82) is 0 Å². The number of hydrogen-bond donors (Lipinski definition) is 2. The Morgan fingerprint density at radius 3 is 2.32 bits per heavy atom. The van der Waals surface area contributed by atoms with Crippen LogP contribution in [0.1, 0.15) is 52.0 Å². The van der Waals surface area contributed by atoms with Gasteiger partial charge in [-0.05, 0) is 46.2 Å². The van der Waals surface area contributed by atoms with Crippen LogP contribution in [-0.4, -0.2) is 11.1 Å². The van der Waals surface area contributed by atoms with E-state index in [0.717, 1.165) is 18.1 Å². The maximum absolute atomic E-state index is 15.5. The van der Waals surface area contributed by atoms with Gasteiger partial charge in [0.1, 0.15) is 11.4 Å². The molecule has 0 spiro atoms. The highest BCUT2D eigenvalue weighted by Gasteiger charge is 2.37. The molecule has 3 aromatic carbocycles. The summed E-state index contributed by atoms with van der Waals surface area (Å²) < 4.78 is 44.5. The van der Waals surface area contributed by atoms with Crippen LogP contribution >= 0.6 is 0 Å². The SMILES string of the molecule is C=c1ccc2c(c1)C(C)(C)c1cc(N)ccc1C=2c1c(F)c(C)c(F)c(F)c1C(=O)O. The van der Waals surface area contributed by atoms with E-state index < -0.39 is 45.5 Å². The normalized spacial score (nSPS) is 14.2. The summed E-state index contributed by atoms with van der Waals surface area (Å²) in [6.07, 6.45) is 0. The molecule has 0 heterocycles. The second-order valence-corrected chi connectivity index (χ2v) is 8.31. The molecule has 6 heteroatoms. The van der Waals surface area contributed by atoms with E-state index in [1.807, 2.05) is 19.9 Å². The molecular formula is C25H20F3NO2. The van der Waals surface area contributed by atoms with Gasteiger partial charge in [0, 0.05) is 27.8 Å². The first kappa shape index (κ1) is 20.7. The van der Waals surface area contributed by atoms with Crippen LogP contribution in [0, 0.1) is 24.4 Å². The number of nitrogens with two attached hydrogens (primary N) is 1. The molecule has 0 saturated heterocycles. The van der Waals surface area contributed by atoms with Crippen LogP contribution in [0.5, 0.6) is 0 Å². The molecule has 0 fully saturated rings. The van der Waals surface area contributed by atoms with Crippen molar-refractivity contribution in [2.45, 2.75) is 26.2 Å². The fourth-order valence-electron chi connectivity index (χ4n) is 4.40. The first-order chi connectivity index (χ1) is 14.5. The number of carbonyl (C=O) groups is 1. The lowest BCUT2D eigenvalue weighted by atomic mass is 9.68. The average Bonchev–Trinajstić information content (AvgIpc) is 2.70. The third-order valence-electron chi connectivity index (χ3n) is 6.02. The van der Waals surface area contributed by atoms with Gasteiger partial charge in [0.05, 0.1) is 0 Å². The number of hydrogen-bond acceptors (Lipinski definition) is 2. The van der Waals surface area contributed by atoms with E-state index in [2.05, 4.69) is 6.58 Å². The van der Waals surface area contributed by atoms with Crippen LogP contribution in [0.25, 0.3) is 12.2 Å². The van der Waals surface area contributed by atoms with Crippen molar-refractivity contribution in [3.8, 4) is 0 Å². The molecule has 0 saturated carbocycles. The Hall–Kier alpha value is -3.54. The Balaban J connectivity index is 2.34. The number of nitrogen functional groups attached to an aromatic ring is 1. The maximum atomic E-state index is 15.5. The van der Waals surface area contributed by atoms with Gasteiger partial charge in [-0.1, -0.05) is 44.7 Å². The number of carboxylic acids is 1. The highest BCUT2D eigenvalue weighted by molar-refractivity contribution is 5.99. The first-order valence-corrected chi connectivity index (χ1v) is 9.61. The van der Waals surface area contributed by atoms with E-state index in [1.165, 1.54) is 0 Å². The number of fused-ring (bicyclic) bond motifs is 2. The molecule has 0 bridgehead atoms. The Morgan fingerprint density at radius 1 is 1.00 bits per heavy atom. The highest BCUT2D eigenvalue weighted by Crippen LogP contribution is 2.42. The predicted octanol–water partition coefficient (Wildman–Crippen LogP) is 3.99. The van der Waals surface area contributed by atoms with E-state index >= 15 is 4.39 Å². The van der Waals surface area contributed by atoms with Crippen molar-refractivity contribution >= 4 is 23.8 Å². The van der Waals surface area contributed by atoms with Crippen molar-refractivity contribution in [3.63, 3.8) is 0 Å².